The summed E-state index contributed by atoms with van der Waals surface area (Å²) in [6.45, 7) is 0.562. The van der Waals surface area contributed by atoms with Crippen LogP contribution in [0.3, 0.4) is 0 Å². The highest BCUT2D eigenvalue weighted by Gasteiger charge is 2.13. The molecule has 0 aromatic heterocycles. The molecule has 0 saturated carbocycles. The third kappa shape index (κ3) is 6.50. The van der Waals surface area contributed by atoms with Crippen molar-refractivity contribution in [2.45, 2.75) is 12.8 Å². The molecule has 0 radical (unpaired) electrons. The number of carbonyl (C=O) groups is 1. The van der Waals surface area contributed by atoms with E-state index in [9.17, 15) is 4.79 Å². The number of benzene rings is 1. The highest BCUT2D eigenvalue weighted by atomic mass is 35.5. The van der Waals surface area contributed by atoms with Crippen LogP contribution in [0.2, 0.25) is 10.0 Å². The van der Waals surface area contributed by atoms with Crippen LogP contribution < -0.4 is 5.32 Å². The molecule has 0 atom stereocenters. The summed E-state index contributed by atoms with van der Waals surface area (Å²) in [4.78, 5) is 12.1. The fourth-order valence-corrected chi connectivity index (χ4v) is 2.78. The lowest BCUT2D eigenvalue weighted by atomic mass is 10.1. The number of aliphatic hydroxyl groups excluding tert-OH is 1. The summed E-state index contributed by atoms with van der Waals surface area (Å²) in [5.41, 5.74) is 2.10. The Kier molecular flexibility index (Phi) is 8.71. The lowest BCUT2D eigenvalue weighted by Crippen LogP contribution is -2.13. The second-order valence-electron chi connectivity index (χ2n) is 5.43. The summed E-state index contributed by atoms with van der Waals surface area (Å²) in [7, 11) is 0. The van der Waals surface area contributed by atoms with E-state index in [1.54, 1.807) is 18.2 Å². The van der Waals surface area contributed by atoms with Gasteiger partial charge in [-0.05, 0) is 30.2 Å². The van der Waals surface area contributed by atoms with E-state index in [-0.39, 0.29) is 38.8 Å². The summed E-state index contributed by atoms with van der Waals surface area (Å²) >= 11 is 12.4. The highest BCUT2D eigenvalue weighted by molar-refractivity contribution is 6.39. The van der Waals surface area contributed by atoms with Gasteiger partial charge >= 0.3 is 5.97 Å². The van der Waals surface area contributed by atoms with E-state index in [0.29, 0.717) is 15.7 Å². The van der Waals surface area contributed by atoms with Crippen LogP contribution in [-0.4, -0.2) is 37.5 Å². The third-order valence-electron chi connectivity index (χ3n) is 3.51. The highest BCUT2D eigenvalue weighted by Crippen LogP contribution is 2.32. The first-order valence-electron chi connectivity index (χ1n) is 8.23. The zero-order chi connectivity index (χ0) is 18.8. The quantitative estimate of drug-likeness (QED) is 0.484. The Morgan fingerprint density at radius 2 is 1.85 bits per heavy atom. The lowest BCUT2D eigenvalue weighted by Gasteiger charge is -2.14. The van der Waals surface area contributed by atoms with Gasteiger partial charge in [-0.15, -0.1) is 0 Å². The average molecular weight is 398 g/mol. The molecule has 0 amide bonds. The summed E-state index contributed by atoms with van der Waals surface area (Å²) in [6, 6.07) is 5.25. The first kappa shape index (κ1) is 20.5. The van der Waals surface area contributed by atoms with Gasteiger partial charge in [0.15, 0.2) is 0 Å². The Morgan fingerprint density at radius 1 is 1.12 bits per heavy atom. The van der Waals surface area contributed by atoms with E-state index >= 15 is 0 Å². The maximum absolute atomic E-state index is 12.1. The second kappa shape index (κ2) is 11.0. The second-order valence-corrected chi connectivity index (χ2v) is 6.25. The number of hydrogen-bond acceptors (Lipinski definition) is 5. The van der Waals surface area contributed by atoms with Gasteiger partial charge in [-0.2, -0.15) is 0 Å². The molecule has 0 aliphatic heterocycles. The minimum atomic E-state index is -0.364. The average Bonchev–Trinajstić information content (AvgIpc) is 2.83. The topological polar surface area (TPSA) is 67.8 Å². The van der Waals surface area contributed by atoms with Crippen molar-refractivity contribution in [3.8, 4) is 0 Å². The molecule has 0 spiro atoms. The Bertz CT molecular complexity index is 693. The molecule has 1 aromatic carbocycles. The van der Waals surface area contributed by atoms with E-state index in [0.717, 1.165) is 17.7 Å². The summed E-state index contributed by atoms with van der Waals surface area (Å²) in [6.07, 6.45) is 8.58. The van der Waals surface area contributed by atoms with Gasteiger partial charge in [0.25, 0.3) is 0 Å². The van der Waals surface area contributed by atoms with Crippen molar-refractivity contribution in [3.63, 3.8) is 0 Å². The minimum absolute atomic E-state index is 0.0579. The predicted molar refractivity (Wildman–Crippen MR) is 103 cm³/mol. The van der Waals surface area contributed by atoms with Crippen LogP contribution in [0.1, 0.15) is 12.8 Å². The summed E-state index contributed by atoms with van der Waals surface area (Å²) < 4.78 is 10.2. The largest absolute Gasteiger partial charge is 0.463 e. The van der Waals surface area contributed by atoms with E-state index in [1.165, 1.54) is 0 Å². The first-order valence-corrected chi connectivity index (χ1v) is 8.99. The molecule has 0 saturated heterocycles. The smallest absolute Gasteiger partial charge is 0.310 e. The number of aliphatic hydroxyl groups is 1. The van der Waals surface area contributed by atoms with Crippen molar-refractivity contribution in [1.29, 1.82) is 0 Å². The molecule has 0 fully saturated rings. The monoisotopic (exact) mass is 397 g/mol. The fourth-order valence-electron chi connectivity index (χ4n) is 2.29. The van der Waals surface area contributed by atoms with Crippen LogP contribution >= 0.6 is 23.2 Å². The number of rotatable bonds is 9. The fraction of sp³-hybridized carbons (Fsp3) is 0.316. The van der Waals surface area contributed by atoms with Gasteiger partial charge in [0, 0.05) is 5.70 Å². The van der Waals surface area contributed by atoms with Gasteiger partial charge in [-0.25, -0.2) is 0 Å². The van der Waals surface area contributed by atoms with Crippen LogP contribution in [0, 0.1) is 0 Å². The van der Waals surface area contributed by atoms with Gasteiger partial charge in [-0.1, -0.05) is 47.5 Å². The van der Waals surface area contributed by atoms with Crippen molar-refractivity contribution < 1.29 is 19.4 Å². The number of carbonyl (C=O) groups excluding carboxylic acids is 1. The van der Waals surface area contributed by atoms with Crippen molar-refractivity contribution in [3.05, 3.63) is 63.8 Å². The SMILES string of the molecule is O=C(CC1=C(Nc2c(Cl)cccc2Cl)C=CCC=C1)OCCOCCO. The number of para-hydroxylation sites is 1. The zero-order valence-corrected chi connectivity index (χ0v) is 15.7. The van der Waals surface area contributed by atoms with Crippen molar-refractivity contribution in [1.82, 2.24) is 0 Å². The molecule has 1 aliphatic rings. The van der Waals surface area contributed by atoms with Crippen LogP contribution in [0.4, 0.5) is 5.69 Å². The molecule has 0 bridgehead atoms. The predicted octanol–water partition coefficient (Wildman–Crippen LogP) is 4.12. The molecule has 0 heterocycles. The van der Waals surface area contributed by atoms with Crippen molar-refractivity contribution in [2.75, 3.05) is 31.7 Å². The zero-order valence-electron chi connectivity index (χ0n) is 14.2. The minimum Gasteiger partial charge on any atom is -0.463 e. The normalized spacial score (nSPS) is 13.7. The molecule has 1 aromatic rings. The third-order valence-corrected chi connectivity index (χ3v) is 4.14. The molecule has 26 heavy (non-hydrogen) atoms. The molecule has 7 heteroatoms. The standard InChI is InChI=1S/C19H21Cl2NO4/c20-15-6-4-7-16(21)19(15)22-17-8-3-1-2-5-14(17)13-18(24)26-12-11-25-10-9-23/h2-8,22-23H,1,9-13H2. The van der Waals surface area contributed by atoms with Crippen LogP contribution in [0.5, 0.6) is 0 Å². The van der Waals surface area contributed by atoms with Gasteiger partial charge < -0.3 is 19.9 Å². The number of allylic oxidation sites excluding steroid dienone is 4. The number of nitrogens with one attached hydrogen (secondary N) is 1. The molecule has 140 valence electrons. The van der Waals surface area contributed by atoms with E-state index in [4.69, 9.17) is 37.8 Å². The van der Waals surface area contributed by atoms with E-state index in [1.807, 2.05) is 24.3 Å². The number of anilines is 1. The molecular formula is C19H21Cl2NO4. The Balaban J connectivity index is 2.06. The van der Waals surface area contributed by atoms with E-state index in [2.05, 4.69) is 5.32 Å². The van der Waals surface area contributed by atoms with Crippen LogP contribution in [-0.2, 0) is 14.3 Å². The molecule has 0 unspecified atom stereocenters. The Morgan fingerprint density at radius 3 is 2.58 bits per heavy atom. The van der Waals surface area contributed by atoms with Gasteiger partial charge in [0.1, 0.15) is 6.61 Å². The maximum Gasteiger partial charge on any atom is 0.310 e. The number of hydrogen-bond donors (Lipinski definition) is 2. The van der Waals surface area contributed by atoms with Gasteiger partial charge in [-0.3, -0.25) is 4.79 Å². The first-order chi connectivity index (χ1) is 12.6. The molecule has 2 rings (SSSR count). The Hall–Kier alpha value is -1.79. The number of halogens is 2. The van der Waals surface area contributed by atoms with E-state index < -0.39 is 0 Å². The summed E-state index contributed by atoms with van der Waals surface area (Å²) in [5, 5.41) is 12.8. The van der Waals surface area contributed by atoms with Crippen molar-refractivity contribution in [2.24, 2.45) is 0 Å². The lowest BCUT2D eigenvalue weighted by molar-refractivity contribution is -0.144. The van der Waals surface area contributed by atoms with Crippen LogP contribution in [0.15, 0.2) is 53.8 Å². The molecule has 2 N–H and O–H groups in total. The number of esters is 1. The van der Waals surface area contributed by atoms with Gasteiger partial charge in [0.05, 0.1) is 42.0 Å². The molecular weight excluding hydrogens is 377 g/mol. The number of ether oxygens (including phenoxy) is 2. The van der Waals surface area contributed by atoms with Crippen molar-refractivity contribution >= 4 is 34.9 Å². The maximum atomic E-state index is 12.1. The molecule has 5 nitrogen and oxygen atoms in total. The molecule has 1 aliphatic carbocycles. The van der Waals surface area contributed by atoms with Gasteiger partial charge in [0.2, 0.25) is 0 Å². The summed E-state index contributed by atoms with van der Waals surface area (Å²) in [5.74, 6) is -0.364. The van der Waals surface area contributed by atoms with Crippen LogP contribution in [0.25, 0.3) is 0 Å². The Labute approximate surface area is 162 Å².